The van der Waals surface area contributed by atoms with Crippen LogP contribution in [0.1, 0.15) is 39.1 Å². The monoisotopic (exact) mass is 298 g/mol. The van der Waals surface area contributed by atoms with Gasteiger partial charge in [-0.2, -0.15) is 0 Å². The number of para-hydroxylation sites is 1. The van der Waals surface area contributed by atoms with Crippen molar-refractivity contribution in [2.24, 2.45) is 0 Å². The smallest absolute Gasteiger partial charge is 0.167 e. The molecule has 1 N–H and O–H groups in total. The van der Waals surface area contributed by atoms with Gasteiger partial charge in [-0.25, -0.2) is 0 Å². The third-order valence-electron chi connectivity index (χ3n) is 3.47. The summed E-state index contributed by atoms with van der Waals surface area (Å²) in [5.74, 6) is 0.232. The van der Waals surface area contributed by atoms with Crippen LogP contribution in [0.5, 0.6) is 5.75 Å². The third kappa shape index (κ3) is 3.59. The zero-order valence-electron chi connectivity index (χ0n) is 12.4. The predicted molar refractivity (Wildman–Crippen MR) is 83.3 cm³/mol. The molecule has 0 aliphatic carbocycles. The average Bonchev–Trinajstić information content (AvgIpc) is 2.59. The molecule has 0 unspecified atom stereocenters. The fourth-order valence-electron chi connectivity index (χ4n) is 2.30. The summed E-state index contributed by atoms with van der Waals surface area (Å²) in [6, 6.07) is 13.8. The minimum Gasteiger partial charge on any atom is -0.496 e. The van der Waals surface area contributed by atoms with Gasteiger partial charge >= 0.3 is 0 Å². The average molecular weight is 298 g/mol. The topological polar surface area (TPSA) is 63.6 Å². The molecule has 0 atom stereocenters. The number of carbonyl (C=O) groups is 2. The summed E-state index contributed by atoms with van der Waals surface area (Å²) in [5.41, 5.74) is 1.53. The van der Waals surface area contributed by atoms with E-state index < -0.39 is 0 Å². The third-order valence-corrected chi connectivity index (χ3v) is 3.47. The maximum absolute atomic E-state index is 12.2. The lowest BCUT2D eigenvalue weighted by Gasteiger charge is -2.08. The van der Waals surface area contributed by atoms with Gasteiger partial charge in [0.1, 0.15) is 5.75 Å². The van der Waals surface area contributed by atoms with Gasteiger partial charge in [0.05, 0.1) is 19.3 Å². The van der Waals surface area contributed by atoms with Crippen molar-refractivity contribution in [3.63, 3.8) is 0 Å². The van der Waals surface area contributed by atoms with Crippen LogP contribution in [0, 0.1) is 0 Å². The highest BCUT2D eigenvalue weighted by molar-refractivity contribution is 6.03. The molecule has 114 valence electrons. The van der Waals surface area contributed by atoms with Crippen LogP contribution in [-0.4, -0.2) is 23.8 Å². The second-order valence-electron chi connectivity index (χ2n) is 4.86. The molecule has 2 rings (SSSR count). The molecule has 4 nitrogen and oxygen atoms in total. The van der Waals surface area contributed by atoms with E-state index >= 15 is 0 Å². The van der Waals surface area contributed by atoms with E-state index in [0.29, 0.717) is 22.4 Å². The van der Waals surface area contributed by atoms with Gasteiger partial charge in [-0.3, -0.25) is 9.59 Å². The number of benzene rings is 2. The van der Waals surface area contributed by atoms with E-state index in [4.69, 9.17) is 4.74 Å². The summed E-state index contributed by atoms with van der Waals surface area (Å²) < 4.78 is 5.16. The standard InChI is InChI=1S/C18H18O4/c1-22-18-9-5-4-8-15(18)17(21)11-10-16(20)14-7-3-2-6-13(14)12-19/h2-9,19H,10-12H2,1H3. The number of ketones is 2. The van der Waals surface area contributed by atoms with E-state index in [9.17, 15) is 14.7 Å². The molecule has 0 heterocycles. The number of aliphatic hydroxyl groups excluding tert-OH is 1. The van der Waals surface area contributed by atoms with Crippen LogP contribution in [0.15, 0.2) is 48.5 Å². The molecule has 2 aromatic rings. The van der Waals surface area contributed by atoms with E-state index in [1.165, 1.54) is 7.11 Å². The second kappa shape index (κ2) is 7.52. The van der Waals surface area contributed by atoms with Crippen molar-refractivity contribution in [2.75, 3.05) is 7.11 Å². The predicted octanol–water partition coefficient (Wildman–Crippen LogP) is 3.03. The van der Waals surface area contributed by atoms with Crippen LogP contribution in [0.3, 0.4) is 0 Å². The highest BCUT2D eigenvalue weighted by atomic mass is 16.5. The summed E-state index contributed by atoms with van der Waals surface area (Å²) in [5, 5.41) is 9.26. The lowest BCUT2D eigenvalue weighted by Crippen LogP contribution is -2.08. The molecule has 22 heavy (non-hydrogen) atoms. The van der Waals surface area contributed by atoms with Gasteiger partial charge in [-0.15, -0.1) is 0 Å². The Bertz CT molecular complexity index is 617. The summed E-state index contributed by atoms with van der Waals surface area (Å²) in [7, 11) is 1.51. The van der Waals surface area contributed by atoms with E-state index in [-0.39, 0.29) is 31.0 Å². The Labute approximate surface area is 129 Å². The fraction of sp³-hybridized carbons (Fsp3) is 0.222. The van der Waals surface area contributed by atoms with Crippen molar-refractivity contribution in [3.05, 3.63) is 65.2 Å². The molecule has 0 bridgehead atoms. The fourth-order valence-corrected chi connectivity index (χ4v) is 2.30. The minimum absolute atomic E-state index is 0.105. The molecule has 0 fully saturated rings. The Morgan fingerprint density at radius 1 is 0.909 bits per heavy atom. The number of Topliss-reactive ketones (excluding diaryl/α,β-unsaturated/α-hetero) is 2. The van der Waals surface area contributed by atoms with Crippen LogP contribution < -0.4 is 4.74 Å². The van der Waals surface area contributed by atoms with Gasteiger partial charge < -0.3 is 9.84 Å². The number of rotatable bonds is 7. The zero-order chi connectivity index (χ0) is 15.9. The second-order valence-corrected chi connectivity index (χ2v) is 4.86. The molecule has 0 aliphatic rings. The molecule has 0 aromatic heterocycles. The summed E-state index contributed by atoms with van der Waals surface area (Å²) in [6.45, 7) is -0.192. The van der Waals surface area contributed by atoms with Gasteiger partial charge in [0, 0.05) is 18.4 Å². The van der Waals surface area contributed by atoms with E-state index in [1.807, 2.05) is 0 Å². The van der Waals surface area contributed by atoms with Crippen molar-refractivity contribution >= 4 is 11.6 Å². The molecular weight excluding hydrogens is 280 g/mol. The largest absolute Gasteiger partial charge is 0.496 e. The molecule has 0 spiro atoms. The minimum atomic E-state index is -0.192. The first-order valence-electron chi connectivity index (χ1n) is 7.05. The van der Waals surface area contributed by atoms with Gasteiger partial charge in [-0.1, -0.05) is 36.4 Å². The van der Waals surface area contributed by atoms with Crippen molar-refractivity contribution in [1.82, 2.24) is 0 Å². The van der Waals surface area contributed by atoms with Crippen LogP contribution in [0.2, 0.25) is 0 Å². The molecule has 2 aromatic carbocycles. The molecule has 0 aliphatic heterocycles. The summed E-state index contributed by atoms with van der Waals surface area (Å²) in [6.07, 6.45) is 0.215. The SMILES string of the molecule is COc1ccccc1C(=O)CCC(=O)c1ccccc1CO. The summed E-state index contributed by atoms with van der Waals surface area (Å²) in [4.78, 5) is 24.5. The van der Waals surface area contributed by atoms with E-state index in [2.05, 4.69) is 0 Å². The molecule has 4 heteroatoms. The van der Waals surface area contributed by atoms with Crippen LogP contribution in [0.25, 0.3) is 0 Å². The summed E-state index contributed by atoms with van der Waals surface area (Å²) >= 11 is 0. The van der Waals surface area contributed by atoms with Crippen LogP contribution in [0.4, 0.5) is 0 Å². The van der Waals surface area contributed by atoms with Crippen molar-refractivity contribution in [2.45, 2.75) is 19.4 Å². The van der Waals surface area contributed by atoms with Crippen molar-refractivity contribution in [3.8, 4) is 5.75 Å². The van der Waals surface area contributed by atoms with E-state index in [1.54, 1.807) is 48.5 Å². The molecule has 0 amide bonds. The first-order valence-corrected chi connectivity index (χ1v) is 7.05. The number of aliphatic hydroxyl groups is 1. The number of methoxy groups -OCH3 is 1. The maximum Gasteiger partial charge on any atom is 0.167 e. The van der Waals surface area contributed by atoms with Crippen molar-refractivity contribution in [1.29, 1.82) is 0 Å². The first kappa shape index (κ1) is 15.9. The van der Waals surface area contributed by atoms with Gasteiger partial charge in [0.15, 0.2) is 11.6 Å². The Hall–Kier alpha value is -2.46. The van der Waals surface area contributed by atoms with E-state index in [0.717, 1.165) is 0 Å². The maximum atomic E-state index is 12.2. The molecule has 0 radical (unpaired) electrons. The number of hydrogen-bond acceptors (Lipinski definition) is 4. The zero-order valence-corrected chi connectivity index (χ0v) is 12.4. The number of hydrogen-bond donors (Lipinski definition) is 1. The Morgan fingerprint density at radius 2 is 1.45 bits per heavy atom. The van der Waals surface area contributed by atoms with Gasteiger partial charge in [-0.05, 0) is 17.7 Å². The highest BCUT2D eigenvalue weighted by Gasteiger charge is 2.15. The Balaban J connectivity index is 2.06. The van der Waals surface area contributed by atoms with Gasteiger partial charge in [0.25, 0.3) is 0 Å². The molecule has 0 saturated heterocycles. The first-order chi connectivity index (χ1) is 10.7. The molecule has 0 saturated carbocycles. The lowest BCUT2D eigenvalue weighted by molar-refractivity contribution is 0.0914. The van der Waals surface area contributed by atoms with Crippen molar-refractivity contribution < 1.29 is 19.4 Å². The molecular formula is C18H18O4. The van der Waals surface area contributed by atoms with Gasteiger partial charge in [0.2, 0.25) is 0 Å². The quantitative estimate of drug-likeness (QED) is 0.798. The Morgan fingerprint density at radius 3 is 2.09 bits per heavy atom. The van der Waals surface area contributed by atoms with Crippen LogP contribution in [-0.2, 0) is 6.61 Å². The Kier molecular flexibility index (Phi) is 5.44. The normalized spacial score (nSPS) is 10.3. The number of carbonyl (C=O) groups excluding carboxylic acids is 2. The van der Waals surface area contributed by atoms with Crippen LogP contribution >= 0.6 is 0 Å². The highest BCUT2D eigenvalue weighted by Crippen LogP contribution is 2.20. The lowest BCUT2D eigenvalue weighted by atomic mass is 9.98. The number of ether oxygens (including phenoxy) is 1.